The lowest BCUT2D eigenvalue weighted by Gasteiger charge is -2.19. The highest BCUT2D eigenvalue weighted by atomic mass is 79.9. The summed E-state index contributed by atoms with van der Waals surface area (Å²) in [5.41, 5.74) is 6.60. The highest BCUT2D eigenvalue weighted by Crippen LogP contribution is 2.31. The van der Waals surface area contributed by atoms with E-state index in [2.05, 4.69) is 52.7 Å². The molecule has 0 bridgehead atoms. The number of thiophene rings is 1. The number of halogens is 1. The van der Waals surface area contributed by atoms with Crippen LogP contribution in [-0.2, 0) is 0 Å². The molecule has 0 aliphatic heterocycles. The molecule has 0 fully saturated rings. The van der Waals surface area contributed by atoms with Crippen LogP contribution < -0.4 is 11.3 Å². The van der Waals surface area contributed by atoms with Gasteiger partial charge in [0.15, 0.2) is 0 Å². The lowest BCUT2D eigenvalue weighted by atomic mass is 9.96. The number of nitrogens with two attached hydrogens (primary N) is 1. The first kappa shape index (κ1) is 12.8. The molecule has 1 heterocycles. The molecule has 0 saturated heterocycles. The number of hydrogen-bond donors (Lipinski definition) is 2. The summed E-state index contributed by atoms with van der Waals surface area (Å²) in [6, 6.07) is 8.39. The van der Waals surface area contributed by atoms with E-state index in [1.165, 1.54) is 21.6 Å². The number of rotatable bonds is 3. The molecular formula is C13H15BrN2S. The van der Waals surface area contributed by atoms with Gasteiger partial charge >= 0.3 is 0 Å². The zero-order valence-corrected chi connectivity index (χ0v) is 12.2. The second-order valence-corrected chi connectivity index (χ2v) is 5.96. The van der Waals surface area contributed by atoms with Crippen LogP contribution in [0.5, 0.6) is 0 Å². The van der Waals surface area contributed by atoms with Gasteiger partial charge in [-0.1, -0.05) is 28.1 Å². The van der Waals surface area contributed by atoms with Crippen LogP contribution in [0.4, 0.5) is 0 Å². The van der Waals surface area contributed by atoms with Crippen LogP contribution in [0.3, 0.4) is 0 Å². The van der Waals surface area contributed by atoms with Crippen LogP contribution in [0, 0.1) is 13.8 Å². The Morgan fingerprint density at radius 3 is 2.59 bits per heavy atom. The Morgan fingerprint density at radius 1 is 1.24 bits per heavy atom. The first-order chi connectivity index (χ1) is 8.15. The molecule has 1 aromatic heterocycles. The highest BCUT2D eigenvalue weighted by Gasteiger charge is 2.17. The van der Waals surface area contributed by atoms with Crippen LogP contribution in [0.15, 0.2) is 34.1 Å². The van der Waals surface area contributed by atoms with Crippen molar-refractivity contribution in [2.75, 3.05) is 0 Å². The van der Waals surface area contributed by atoms with E-state index in [1.807, 2.05) is 12.1 Å². The van der Waals surface area contributed by atoms with Crippen molar-refractivity contribution in [2.24, 2.45) is 5.84 Å². The molecule has 4 heteroatoms. The van der Waals surface area contributed by atoms with Gasteiger partial charge in [0, 0.05) is 9.35 Å². The Balaban J connectivity index is 2.50. The summed E-state index contributed by atoms with van der Waals surface area (Å²) in [6.45, 7) is 4.23. The Kier molecular flexibility index (Phi) is 3.99. The van der Waals surface area contributed by atoms with Crippen molar-refractivity contribution in [3.8, 4) is 0 Å². The lowest BCUT2D eigenvalue weighted by Crippen LogP contribution is -2.29. The van der Waals surface area contributed by atoms with E-state index in [4.69, 9.17) is 5.84 Å². The topological polar surface area (TPSA) is 38.0 Å². The number of aryl methyl sites for hydroxylation is 1. The van der Waals surface area contributed by atoms with Gasteiger partial charge in [0.1, 0.15) is 0 Å². The number of hydrazine groups is 1. The van der Waals surface area contributed by atoms with Gasteiger partial charge in [-0.15, -0.1) is 11.3 Å². The van der Waals surface area contributed by atoms with Gasteiger partial charge in [0.05, 0.1) is 6.04 Å². The van der Waals surface area contributed by atoms with Crippen LogP contribution in [0.2, 0.25) is 0 Å². The minimum Gasteiger partial charge on any atom is -0.271 e. The highest BCUT2D eigenvalue weighted by molar-refractivity contribution is 9.10. The predicted molar refractivity (Wildman–Crippen MR) is 77.1 cm³/mol. The molecule has 0 amide bonds. The Hall–Kier alpha value is -0.680. The maximum Gasteiger partial charge on any atom is 0.0723 e. The molecule has 2 aromatic rings. The third-order valence-corrected chi connectivity index (χ3v) is 4.72. The fraction of sp³-hybridized carbons (Fsp3) is 0.231. The van der Waals surface area contributed by atoms with Crippen molar-refractivity contribution in [3.05, 3.63) is 55.7 Å². The lowest BCUT2D eigenvalue weighted by molar-refractivity contribution is 0.632. The Labute approximate surface area is 114 Å². The van der Waals surface area contributed by atoms with E-state index in [0.29, 0.717) is 0 Å². The van der Waals surface area contributed by atoms with Gasteiger partial charge in [-0.25, -0.2) is 5.43 Å². The largest absolute Gasteiger partial charge is 0.271 e. The van der Waals surface area contributed by atoms with Crippen molar-refractivity contribution in [3.63, 3.8) is 0 Å². The monoisotopic (exact) mass is 310 g/mol. The van der Waals surface area contributed by atoms with Crippen LogP contribution in [-0.4, -0.2) is 0 Å². The first-order valence-electron chi connectivity index (χ1n) is 5.40. The van der Waals surface area contributed by atoms with E-state index < -0.39 is 0 Å². The van der Waals surface area contributed by atoms with Crippen molar-refractivity contribution in [1.82, 2.24) is 5.43 Å². The van der Waals surface area contributed by atoms with Gasteiger partial charge in [0.2, 0.25) is 0 Å². The molecule has 1 aromatic carbocycles. The third kappa shape index (κ3) is 2.45. The molecule has 17 heavy (non-hydrogen) atoms. The maximum absolute atomic E-state index is 5.72. The zero-order chi connectivity index (χ0) is 12.4. The summed E-state index contributed by atoms with van der Waals surface area (Å²) in [5.74, 6) is 5.72. The number of nitrogens with one attached hydrogen (secondary N) is 1. The van der Waals surface area contributed by atoms with E-state index >= 15 is 0 Å². The fourth-order valence-corrected chi connectivity index (χ4v) is 3.10. The molecule has 0 saturated carbocycles. The minimum absolute atomic E-state index is 0.0544. The fourth-order valence-electron chi connectivity index (χ4n) is 1.98. The number of hydrogen-bond acceptors (Lipinski definition) is 3. The van der Waals surface area contributed by atoms with Crippen LogP contribution >= 0.6 is 27.3 Å². The van der Waals surface area contributed by atoms with Gasteiger partial charge in [-0.2, -0.15) is 0 Å². The van der Waals surface area contributed by atoms with Crippen LogP contribution in [0.25, 0.3) is 0 Å². The first-order valence-corrected chi connectivity index (χ1v) is 7.07. The average molecular weight is 311 g/mol. The molecule has 2 rings (SSSR count). The molecule has 90 valence electrons. The third-order valence-electron chi connectivity index (χ3n) is 3.00. The van der Waals surface area contributed by atoms with E-state index in [1.54, 1.807) is 11.3 Å². The molecule has 2 nitrogen and oxygen atoms in total. The van der Waals surface area contributed by atoms with Gasteiger partial charge in [-0.3, -0.25) is 5.84 Å². The average Bonchev–Trinajstić information content (AvgIpc) is 2.72. The second-order valence-electron chi connectivity index (χ2n) is 3.99. The summed E-state index contributed by atoms with van der Waals surface area (Å²) in [6.07, 6.45) is 0. The van der Waals surface area contributed by atoms with Crippen LogP contribution in [0.1, 0.15) is 27.6 Å². The normalized spacial score (nSPS) is 12.7. The molecule has 0 spiro atoms. The molecule has 0 radical (unpaired) electrons. The second kappa shape index (κ2) is 5.31. The minimum atomic E-state index is 0.0544. The molecular weight excluding hydrogens is 296 g/mol. The SMILES string of the molecule is Cc1sccc1C(NN)c1cccc(Br)c1C. The van der Waals surface area contributed by atoms with E-state index in [0.717, 1.165) is 4.47 Å². The Morgan fingerprint density at radius 2 is 2.00 bits per heavy atom. The summed E-state index contributed by atoms with van der Waals surface area (Å²) < 4.78 is 1.11. The van der Waals surface area contributed by atoms with Crippen molar-refractivity contribution in [1.29, 1.82) is 0 Å². The molecule has 1 unspecified atom stereocenters. The quantitative estimate of drug-likeness (QED) is 0.670. The number of benzene rings is 1. The Bertz CT molecular complexity index is 522. The standard InChI is InChI=1S/C13H15BrN2S/c1-8-10(4-3-5-12(8)14)13(16-15)11-6-7-17-9(11)2/h3-7,13,16H,15H2,1-2H3. The van der Waals surface area contributed by atoms with Gasteiger partial charge in [-0.05, 0) is 48.1 Å². The van der Waals surface area contributed by atoms with Crippen molar-refractivity contribution in [2.45, 2.75) is 19.9 Å². The zero-order valence-electron chi connectivity index (χ0n) is 9.83. The molecule has 1 atom stereocenters. The van der Waals surface area contributed by atoms with Gasteiger partial charge in [0.25, 0.3) is 0 Å². The molecule has 0 aliphatic rings. The summed E-state index contributed by atoms with van der Waals surface area (Å²) in [4.78, 5) is 1.30. The van der Waals surface area contributed by atoms with E-state index in [9.17, 15) is 0 Å². The van der Waals surface area contributed by atoms with Gasteiger partial charge < -0.3 is 0 Å². The predicted octanol–water partition coefficient (Wildman–Crippen LogP) is 3.68. The summed E-state index contributed by atoms with van der Waals surface area (Å²) >= 11 is 5.30. The maximum atomic E-state index is 5.72. The van der Waals surface area contributed by atoms with Crippen molar-refractivity contribution < 1.29 is 0 Å². The van der Waals surface area contributed by atoms with Crippen molar-refractivity contribution >= 4 is 27.3 Å². The molecule has 3 N–H and O–H groups in total. The summed E-state index contributed by atoms with van der Waals surface area (Å²) in [5, 5.41) is 2.10. The molecule has 0 aliphatic carbocycles. The summed E-state index contributed by atoms with van der Waals surface area (Å²) in [7, 11) is 0. The van der Waals surface area contributed by atoms with E-state index in [-0.39, 0.29) is 6.04 Å². The smallest absolute Gasteiger partial charge is 0.0723 e.